The number of rotatable bonds is 7. The van der Waals surface area contributed by atoms with Crippen LogP contribution in [-0.2, 0) is 0 Å². The van der Waals surface area contributed by atoms with Gasteiger partial charge in [0.2, 0.25) is 5.95 Å². The van der Waals surface area contributed by atoms with Gasteiger partial charge < -0.3 is 25.6 Å². The van der Waals surface area contributed by atoms with Crippen LogP contribution in [0.2, 0.25) is 0 Å². The number of carbonyl (C=O) groups is 1. The number of carbonyl (C=O) groups excluding carboxylic acids is 1. The highest BCUT2D eigenvalue weighted by molar-refractivity contribution is 6.00. The Morgan fingerprint density at radius 2 is 1.70 bits per heavy atom. The van der Waals surface area contributed by atoms with Crippen LogP contribution in [0.15, 0.2) is 54.6 Å². The van der Waals surface area contributed by atoms with E-state index in [-0.39, 0.29) is 6.03 Å². The highest BCUT2D eigenvalue weighted by atomic mass is 16.5. The summed E-state index contributed by atoms with van der Waals surface area (Å²) in [7, 11) is 3.87. The zero-order valence-electron chi connectivity index (χ0n) is 17.6. The third-order valence-electron chi connectivity index (χ3n) is 4.13. The molecule has 3 rings (SSSR count). The molecule has 0 aliphatic rings. The molecule has 2 amide bonds. The van der Waals surface area contributed by atoms with Crippen LogP contribution in [-0.4, -0.2) is 36.7 Å². The summed E-state index contributed by atoms with van der Waals surface area (Å²) >= 11 is 0. The number of ether oxygens (including phenoxy) is 1. The largest absolute Gasteiger partial charge is 0.492 e. The molecule has 0 fully saturated rings. The average Bonchev–Trinajstić information content (AvgIpc) is 2.70. The van der Waals surface area contributed by atoms with Crippen LogP contribution >= 0.6 is 0 Å². The van der Waals surface area contributed by atoms with Crippen molar-refractivity contribution in [3.05, 3.63) is 60.3 Å². The summed E-state index contributed by atoms with van der Waals surface area (Å²) in [6.07, 6.45) is 0. The molecule has 3 aromatic rings. The Balaban J connectivity index is 1.63. The Bertz CT molecular complexity index is 1000. The van der Waals surface area contributed by atoms with E-state index in [1.165, 1.54) is 0 Å². The van der Waals surface area contributed by atoms with Crippen LogP contribution in [0.1, 0.15) is 12.6 Å². The van der Waals surface area contributed by atoms with Crippen LogP contribution < -0.4 is 25.6 Å². The van der Waals surface area contributed by atoms with Crippen LogP contribution in [0.5, 0.6) is 5.75 Å². The normalized spacial score (nSPS) is 10.3. The number of aromatic nitrogens is 2. The van der Waals surface area contributed by atoms with Gasteiger partial charge in [-0.25, -0.2) is 9.78 Å². The molecule has 0 atom stereocenters. The number of hydrogen-bond acceptors (Lipinski definition) is 6. The fourth-order valence-electron chi connectivity index (χ4n) is 2.74. The number of para-hydroxylation sites is 2. The van der Waals surface area contributed by atoms with Crippen LogP contribution in [0, 0.1) is 6.92 Å². The Morgan fingerprint density at radius 3 is 2.40 bits per heavy atom. The average molecular weight is 406 g/mol. The maximum atomic E-state index is 12.3. The van der Waals surface area contributed by atoms with Crippen LogP contribution in [0.25, 0.3) is 0 Å². The molecule has 30 heavy (non-hydrogen) atoms. The lowest BCUT2D eigenvalue weighted by Gasteiger charge is -2.14. The summed E-state index contributed by atoms with van der Waals surface area (Å²) < 4.78 is 5.53. The van der Waals surface area contributed by atoms with E-state index < -0.39 is 0 Å². The van der Waals surface area contributed by atoms with Gasteiger partial charge in [0.15, 0.2) is 0 Å². The molecule has 1 heterocycles. The van der Waals surface area contributed by atoms with E-state index in [9.17, 15) is 4.79 Å². The Kier molecular flexibility index (Phi) is 6.69. The zero-order chi connectivity index (χ0) is 21.5. The fraction of sp³-hybridized carbons (Fsp3) is 0.227. The number of hydrogen-bond donors (Lipinski definition) is 3. The van der Waals surface area contributed by atoms with Crippen LogP contribution in [0.4, 0.5) is 33.6 Å². The molecule has 8 heteroatoms. The van der Waals surface area contributed by atoms with E-state index in [1.807, 2.05) is 69.2 Å². The number of nitrogens with zero attached hydrogens (tertiary/aromatic N) is 3. The maximum absolute atomic E-state index is 12.3. The molecule has 2 aromatic carbocycles. The smallest absolute Gasteiger partial charge is 0.323 e. The minimum Gasteiger partial charge on any atom is -0.492 e. The standard InChI is InChI=1S/C22H26N6O2/c1-5-30-19-9-7-6-8-18(19)26-22(29)25-17-12-10-16(11-13-17)24-21-23-15(2)14-20(27-21)28(3)4/h6-14H,5H2,1-4H3,(H,23,24,27)(H2,25,26,29). The molecule has 0 unspecified atom stereocenters. The van der Waals surface area contributed by atoms with Crippen molar-refractivity contribution in [2.75, 3.05) is 41.6 Å². The van der Waals surface area contributed by atoms with E-state index in [2.05, 4.69) is 25.9 Å². The molecule has 0 aliphatic carbocycles. The summed E-state index contributed by atoms with van der Waals surface area (Å²) in [5, 5.41) is 8.81. The Hall–Kier alpha value is -3.81. The lowest BCUT2D eigenvalue weighted by Crippen LogP contribution is -2.19. The quantitative estimate of drug-likeness (QED) is 0.530. The Morgan fingerprint density at radius 1 is 1.00 bits per heavy atom. The zero-order valence-corrected chi connectivity index (χ0v) is 17.6. The van der Waals surface area contributed by atoms with Gasteiger partial charge in [-0.2, -0.15) is 4.98 Å². The van der Waals surface area contributed by atoms with Crippen molar-refractivity contribution in [3.8, 4) is 5.75 Å². The van der Waals surface area contributed by atoms with E-state index in [1.54, 1.807) is 18.2 Å². The molecular formula is C22H26N6O2. The predicted octanol–water partition coefficient (Wildman–Crippen LogP) is 4.64. The highest BCUT2D eigenvalue weighted by Crippen LogP contribution is 2.24. The first-order valence-electron chi connectivity index (χ1n) is 9.64. The second-order valence-electron chi connectivity index (χ2n) is 6.80. The number of benzene rings is 2. The fourth-order valence-corrected chi connectivity index (χ4v) is 2.74. The summed E-state index contributed by atoms with van der Waals surface area (Å²) in [6, 6.07) is 16.2. The van der Waals surface area contributed by atoms with Gasteiger partial charge in [0.1, 0.15) is 11.6 Å². The monoisotopic (exact) mass is 406 g/mol. The van der Waals surface area contributed by atoms with E-state index in [0.717, 1.165) is 17.2 Å². The molecule has 0 saturated heterocycles. The first-order valence-corrected chi connectivity index (χ1v) is 9.64. The van der Waals surface area contributed by atoms with Crippen molar-refractivity contribution in [2.24, 2.45) is 0 Å². The van der Waals surface area contributed by atoms with Crippen molar-refractivity contribution in [1.29, 1.82) is 0 Å². The van der Waals surface area contributed by atoms with Gasteiger partial charge in [0.25, 0.3) is 0 Å². The van der Waals surface area contributed by atoms with Gasteiger partial charge in [-0.05, 0) is 50.2 Å². The second-order valence-corrected chi connectivity index (χ2v) is 6.80. The van der Waals surface area contributed by atoms with Crippen LogP contribution in [0.3, 0.4) is 0 Å². The lowest BCUT2D eigenvalue weighted by atomic mass is 10.2. The number of aryl methyl sites for hydroxylation is 1. The molecule has 156 valence electrons. The minimum absolute atomic E-state index is 0.347. The van der Waals surface area contributed by atoms with Gasteiger partial charge in [-0.15, -0.1) is 0 Å². The van der Waals surface area contributed by atoms with Crippen molar-refractivity contribution < 1.29 is 9.53 Å². The molecular weight excluding hydrogens is 380 g/mol. The number of anilines is 5. The number of nitrogens with one attached hydrogen (secondary N) is 3. The first kappa shape index (κ1) is 20.9. The van der Waals surface area contributed by atoms with Crippen molar-refractivity contribution in [2.45, 2.75) is 13.8 Å². The highest BCUT2D eigenvalue weighted by Gasteiger charge is 2.08. The summed E-state index contributed by atoms with van der Waals surface area (Å²) in [6.45, 7) is 4.35. The first-order chi connectivity index (χ1) is 14.4. The van der Waals surface area contributed by atoms with Crippen molar-refractivity contribution in [1.82, 2.24) is 9.97 Å². The summed E-state index contributed by atoms with van der Waals surface area (Å²) in [4.78, 5) is 23.2. The van der Waals surface area contributed by atoms with Gasteiger partial charge in [0, 0.05) is 37.2 Å². The summed E-state index contributed by atoms with van der Waals surface area (Å²) in [5.74, 6) is 1.97. The minimum atomic E-state index is -0.347. The maximum Gasteiger partial charge on any atom is 0.323 e. The third-order valence-corrected chi connectivity index (χ3v) is 4.13. The molecule has 0 radical (unpaired) electrons. The third kappa shape index (κ3) is 5.60. The van der Waals surface area contributed by atoms with Crippen molar-refractivity contribution in [3.63, 3.8) is 0 Å². The van der Waals surface area contributed by atoms with Crippen molar-refractivity contribution >= 4 is 34.9 Å². The lowest BCUT2D eigenvalue weighted by molar-refractivity contribution is 0.262. The summed E-state index contributed by atoms with van der Waals surface area (Å²) in [5.41, 5.74) is 2.96. The molecule has 0 saturated carbocycles. The number of amides is 2. The second kappa shape index (κ2) is 9.60. The molecule has 8 nitrogen and oxygen atoms in total. The predicted molar refractivity (Wildman–Crippen MR) is 121 cm³/mol. The van der Waals surface area contributed by atoms with E-state index in [0.29, 0.717) is 29.7 Å². The molecule has 3 N–H and O–H groups in total. The number of urea groups is 1. The van der Waals surface area contributed by atoms with E-state index >= 15 is 0 Å². The van der Waals surface area contributed by atoms with Gasteiger partial charge in [0.05, 0.1) is 12.3 Å². The molecule has 0 aliphatic heterocycles. The molecule has 1 aromatic heterocycles. The SMILES string of the molecule is CCOc1ccccc1NC(=O)Nc1ccc(Nc2nc(C)cc(N(C)C)n2)cc1. The Labute approximate surface area is 176 Å². The van der Waals surface area contributed by atoms with Gasteiger partial charge in [-0.1, -0.05) is 12.1 Å². The topological polar surface area (TPSA) is 91.4 Å². The molecule has 0 bridgehead atoms. The van der Waals surface area contributed by atoms with Gasteiger partial charge >= 0.3 is 6.03 Å². The molecule has 0 spiro atoms. The van der Waals surface area contributed by atoms with Gasteiger partial charge in [-0.3, -0.25) is 0 Å². The van der Waals surface area contributed by atoms with E-state index in [4.69, 9.17) is 4.74 Å².